The van der Waals surface area contributed by atoms with Gasteiger partial charge in [-0.1, -0.05) is 12.1 Å². The number of carbonyl (C=O) groups is 3. The van der Waals surface area contributed by atoms with Gasteiger partial charge in [-0.25, -0.2) is 13.2 Å². The van der Waals surface area contributed by atoms with Crippen molar-refractivity contribution in [2.75, 3.05) is 5.75 Å². The lowest BCUT2D eigenvalue weighted by atomic mass is 10.0. The second kappa shape index (κ2) is 6.23. The molecule has 1 fully saturated rings. The number of nitrogens with two attached hydrogens (primary N) is 1. The van der Waals surface area contributed by atoms with E-state index in [-0.39, 0.29) is 11.1 Å². The van der Waals surface area contributed by atoms with Crippen LogP contribution in [0.15, 0.2) is 53.4 Å². The smallest absolute Gasteiger partial charge is 0.352 e. The van der Waals surface area contributed by atoms with E-state index in [1.165, 1.54) is 12.3 Å². The second-order valence-electron chi connectivity index (χ2n) is 5.60. The Balaban J connectivity index is 2.10. The first-order valence-corrected chi connectivity index (χ1v) is 9.05. The molecule has 1 aromatic heterocycles. The Hall–Kier alpha value is -3.27. The standard InChI is InChI=1S/C16H13N3O6S/c17-12(20)5-4-9-8-26(24,25)15-11(7-10-3-1-2-6-18-10)14(21)19(15)13(9)16(22)23/h1-7,15H,8H2,(H2,17,20)(H,22,23)/b5-4+,11-7+/t15-/m1/s1. The van der Waals surface area contributed by atoms with Crippen molar-refractivity contribution < 1.29 is 27.9 Å². The molecule has 134 valence electrons. The molecule has 26 heavy (non-hydrogen) atoms. The molecule has 1 saturated heterocycles. The highest BCUT2D eigenvalue weighted by atomic mass is 32.2. The molecule has 2 aliphatic heterocycles. The molecule has 10 heteroatoms. The summed E-state index contributed by atoms with van der Waals surface area (Å²) in [5.74, 6) is -3.72. The summed E-state index contributed by atoms with van der Waals surface area (Å²) < 4.78 is 25.2. The van der Waals surface area contributed by atoms with Gasteiger partial charge in [0.15, 0.2) is 15.2 Å². The summed E-state index contributed by atoms with van der Waals surface area (Å²) in [7, 11) is -3.91. The maximum Gasteiger partial charge on any atom is 0.352 e. The van der Waals surface area contributed by atoms with Gasteiger partial charge in [-0.3, -0.25) is 19.5 Å². The Labute approximate surface area is 148 Å². The maximum atomic E-state index is 12.6. The zero-order chi connectivity index (χ0) is 19.1. The van der Waals surface area contributed by atoms with Gasteiger partial charge in [-0.15, -0.1) is 0 Å². The predicted molar refractivity (Wildman–Crippen MR) is 89.6 cm³/mol. The van der Waals surface area contributed by atoms with Crippen LogP contribution in [0.4, 0.5) is 0 Å². The van der Waals surface area contributed by atoms with Crippen molar-refractivity contribution in [1.29, 1.82) is 0 Å². The van der Waals surface area contributed by atoms with Crippen molar-refractivity contribution in [3.05, 3.63) is 59.1 Å². The average Bonchev–Trinajstić information content (AvgIpc) is 2.57. The highest BCUT2D eigenvalue weighted by Gasteiger charge is 2.56. The second-order valence-corrected chi connectivity index (χ2v) is 7.66. The van der Waals surface area contributed by atoms with E-state index in [1.54, 1.807) is 18.2 Å². The summed E-state index contributed by atoms with van der Waals surface area (Å²) in [4.78, 5) is 39.6. The third-order valence-corrected chi connectivity index (χ3v) is 5.71. The average molecular weight is 375 g/mol. The SMILES string of the molecule is NC(=O)/C=C/C1=C(C(=O)O)N2C(=O)/C(=C\c3ccccn3)[C@H]2S(=O)(=O)C1. The number of amides is 2. The number of rotatable bonds is 4. The van der Waals surface area contributed by atoms with E-state index in [9.17, 15) is 27.9 Å². The number of primary amides is 1. The molecule has 0 spiro atoms. The lowest BCUT2D eigenvalue weighted by Gasteiger charge is -2.45. The Morgan fingerprint density at radius 3 is 2.65 bits per heavy atom. The van der Waals surface area contributed by atoms with E-state index < -0.39 is 44.4 Å². The fourth-order valence-corrected chi connectivity index (χ4v) is 4.72. The topological polar surface area (TPSA) is 148 Å². The molecule has 3 N–H and O–H groups in total. The van der Waals surface area contributed by atoms with Crippen molar-refractivity contribution in [3.63, 3.8) is 0 Å². The molecule has 2 aliphatic rings. The van der Waals surface area contributed by atoms with Crippen molar-refractivity contribution in [3.8, 4) is 0 Å². The monoisotopic (exact) mass is 375 g/mol. The molecular formula is C16H13N3O6S. The van der Waals surface area contributed by atoms with Crippen LogP contribution in [0, 0.1) is 0 Å². The van der Waals surface area contributed by atoms with E-state index >= 15 is 0 Å². The molecule has 0 saturated carbocycles. The van der Waals surface area contributed by atoms with Gasteiger partial charge in [-0.2, -0.15) is 0 Å². The number of allylic oxidation sites excluding steroid dienone is 1. The summed E-state index contributed by atoms with van der Waals surface area (Å²) in [5.41, 5.74) is 4.63. The van der Waals surface area contributed by atoms with Gasteiger partial charge in [-0.05, 0) is 23.8 Å². The molecular weight excluding hydrogens is 362 g/mol. The lowest BCUT2D eigenvalue weighted by molar-refractivity contribution is -0.141. The minimum absolute atomic E-state index is 0.0552. The van der Waals surface area contributed by atoms with Gasteiger partial charge in [0.25, 0.3) is 5.91 Å². The van der Waals surface area contributed by atoms with Crippen LogP contribution < -0.4 is 5.73 Å². The molecule has 0 aliphatic carbocycles. The Morgan fingerprint density at radius 1 is 1.35 bits per heavy atom. The van der Waals surface area contributed by atoms with E-state index in [4.69, 9.17) is 5.73 Å². The van der Waals surface area contributed by atoms with Gasteiger partial charge in [0, 0.05) is 12.3 Å². The highest BCUT2D eigenvalue weighted by molar-refractivity contribution is 7.92. The molecule has 2 amide bonds. The number of carbonyl (C=O) groups excluding carboxylic acids is 2. The van der Waals surface area contributed by atoms with E-state index in [2.05, 4.69) is 4.98 Å². The summed E-state index contributed by atoms with van der Waals surface area (Å²) in [6.45, 7) is 0. The van der Waals surface area contributed by atoms with Crippen molar-refractivity contribution in [2.24, 2.45) is 5.73 Å². The van der Waals surface area contributed by atoms with E-state index in [0.717, 1.165) is 12.2 Å². The molecule has 3 rings (SSSR count). The molecule has 1 aromatic rings. The Bertz CT molecular complexity index is 1010. The zero-order valence-corrected chi connectivity index (χ0v) is 14.0. The first-order valence-electron chi connectivity index (χ1n) is 7.34. The van der Waals surface area contributed by atoms with Crippen molar-refractivity contribution >= 4 is 33.7 Å². The van der Waals surface area contributed by atoms with Crippen LogP contribution in [0.3, 0.4) is 0 Å². The molecule has 0 aromatic carbocycles. The van der Waals surface area contributed by atoms with Crippen molar-refractivity contribution in [1.82, 2.24) is 9.88 Å². The highest BCUT2D eigenvalue weighted by Crippen LogP contribution is 2.40. The number of sulfone groups is 1. The van der Waals surface area contributed by atoms with Crippen LogP contribution in [0.1, 0.15) is 5.69 Å². The number of carboxylic acids is 1. The number of hydrogen-bond acceptors (Lipinski definition) is 6. The number of pyridine rings is 1. The fraction of sp³-hybridized carbons (Fsp3) is 0.125. The van der Waals surface area contributed by atoms with Crippen LogP contribution in [0.2, 0.25) is 0 Å². The predicted octanol–water partition coefficient (Wildman–Crippen LogP) is -0.558. The Kier molecular flexibility index (Phi) is 4.20. The normalized spacial score (nSPS) is 23.1. The van der Waals surface area contributed by atoms with Crippen LogP contribution in [0.25, 0.3) is 6.08 Å². The van der Waals surface area contributed by atoms with Crippen molar-refractivity contribution in [2.45, 2.75) is 5.37 Å². The fourth-order valence-electron chi connectivity index (χ4n) is 2.82. The van der Waals surface area contributed by atoms with Gasteiger partial charge >= 0.3 is 5.97 Å². The maximum absolute atomic E-state index is 12.6. The van der Waals surface area contributed by atoms with Crippen LogP contribution in [-0.2, 0) is 24.2 Å². The molecule has 0 radical (unpaired) electrons. The minimum Gasteiger partial charge on any atom is -0.477 e. The number of aliphatic carboxylic acids is 1. The zero-order valence-electron chi connectivity index (χ0n) is 13.2. The first-order chi connectivity index (χ1) is 12.2. The third-order valence-electron chi connectivity index (χ3n) is 3.85. The van der Waals surface area contributed by atoms with Gasteiger partial charge in [0.2, 0.25) is 5.91 Å². The number of aromatic nitrogens is 1. The quantitative estimate of drug-likeness (QED) is 0.529. The number of fused-ring (bicyclic) bond motifs is 1. The Morgan fingerprint density at radius 2 is 2.08 bits per heavy atom. The van der Waals surface area contributed by atoms with Gasteiger partial charge in [0.05, 0.1) is 17.0 Å². The molecule has 0 bridgehead atoms. The van der Waals surface area contributed by atoms with Crippen LogP contribution in [-0.4, -0.2) is 52.3 Å². The number of β-lactam (4-membered cyclic amide) rings is 1. The number of carboxylic acid groups (broad SMARTS) is 1. The van der Waals surface area contributed by atoms with E-state index in [1.807, 2.05) is 0 Å². The summed E-state index contributed by atoms with van der Waals surface area (Å²) in [5, 5.41) is 8.04. The number of nitrogens with zero attached hydrogens (tertiary/aromatic N) is 2. The number of hydrogen-bond donors (Lipinski definition) is 2. The first kappa shape index (κ1) is 17.5. The molecule has 3 heterocycles. The summed E-state index contributed by atoms with van der Waals surface area (Å²) >= 11 is 0. The summed E-state index contributed by atoms with van der Waals surface area (Å²) in [6.07, 6.45) is 4.67. The minimum atomic E-state index is -3.91. The lowest BCUT2D eigenvalue weighted by Crippen LogP contribution is -2.62. The van der Waals surface area contributed by atoms with E-state index in [0.29, 0.717) is 10.6 Å². The molecule has 9 nitrogen and oxygen atoms in total. The third kappa shape index (κ3) is 2.90. The molecule has 0 unspecified atom stereocenters. The van der Waals surface area contributed by atoms with Gasteiger partial charge in [0.1, 0.15) is 5.70 Å². The van der Waals surface area contributed by atoms with Crippen LogP contribution >= 0.6 is 0 Å². The summed E-state index contributed by atoms with van der Waals surface area (Å²) in [6, 6.07) is 4.93. The molecule has 1 atom stereocenters. The van der Waals surface area contributed by atoms with Crippen LogP contribution in [0.5, 0.6) is 0 Å². The van der Waals surface area contributed by atoms with Gasteiger partial charge < -0.3 is 10.8 Å². The largest absolute Gasteiger partial charge is 0.477 e.